The molecule has 1 aromatic rings. The van der Waals surface area contributed by atoms with E-state index in [1.165, 1.54) is 19.3 Å². The van der Waals surface area contributed by atoms with Crippen molar-refractivity contribution in [2.75, 3.05) is 5.32 Å². The largest absolute Gasteiger partial charge is 0.486 e. The second-order valence-electron chi connectivity index (χ2n) is 5.13. The molecule has 3 heteroatoms. The fourth-order valence-corrected chi connectivity index (χ4v) is 3.13. The summed E-state index contributed by atoms with van der Waals surface area (Å²) in [7, 11) is 0. The van der Waals surface area contributed by atoms with E-state index in [0.29, 0.717) is 12.1 Å². The Bertz CT molecular complexity index is 421. The third-order valence-corrected chi connectivity index (χ3v) is 4.27. The third-order valence-electron chi connectivity index (χ3n) is 4.04. The van der Waals surface area contributed by atoms with Gasteiger partial charge in [0.2, 0.25) is 0 Å². The number of hydrogen-bond donors (Lipinski definition) is 1. The predicted molar refractivity (Wildman–Crippen MR) is 70.9 cm³/mol. The number of fused-ring (bicyclic) bond motifs is 2. The summed E-state index contributed by atoms with van der Waals surface area (Å²) in [6.45, 7) is 2.28. The van der Waals surface area contributed by atoms with Gasteiger partial charge >= 0.3 is 0 Å². The molecule has 0 amide bonds. The standard InChI is InChI=1S/C14H18ClNO/c1-2-9-3-6-13-12(7-9)16-11-5-4-10(15)8-14(11)17-13/h4-5,8-9,12-13,16H,2-3,6-7H2,1H3. The molecular formula is C14H18ClNO. The van der Waals surface area contributed by atoms with E-state index in [1.54, 1.807) is 0 Å². The molecule has 0 spiro atoms. The Morgan fingerprint density at radius 3 is 3.12 bits per heavy atom. The summed E-state index contributed by atoms with van der Waals surface area (Å²) in [5.74, 6) is 1.76. The molecule has 2 nitrogen and oxygen atoms in total. The number of ether oxygens (including phenoxy) is 1. The smallest absolute Gasteiger partial charge is 0.144 e. The minimum atomic E-state index is 0.323. The zero-order valence-corrected chi connectivity index (χ0v) is 10.8. The van der Waals surface area contributed by atoms with E-state index < -0.39 is 0 Å². The zero-order valence-electron chi connectivity index (χ0n) is 10.1. The van der Waals surface area contributed by atoms with Gasteiger partial charge in [0.15, 0.2) is 0 Å². The number of benzene rings is 1. The van der Waals surface area contributed by atoms with E-state index in [1.807, 2.05) is 18.2 Å². The maximum absolute atomic E-state index is 6.06. The SMILES string of the molecule is CCC1CCC2Oc3cc(Cl)ccc3NC2C1. The maximum Gasteiger partial charge on any atom is 0.144 e. The lowest BCUT2D eigenvalue weighted by Crippen LogP contribution is -2.45. The Hall–Kier alpha value is -0.890. The third kappa shape index (κ3) is 2.11. The maximum atomic E-state index is 6.06. The van der Waals surface area contributed by atoms with Crippen molar-refractivity contribution < 1.29 is 4.74 Å². The van der Waals surface area contributed by atoms with Gasteiger partial charge in [-0.15, -0.1) is 0 Å². The zero-order chi connectivity index (χ0) is 11.8. The summed E-state index contributed by atoms with van der Waals surface area (Å²) in [5, 5.41) is 4.35. The van der Waals surface area contributed by atoms with Gasteiger partial charge in [-0.1, -0.05) is 24.9 Å². The molecule has 0 bridgehead atoms. The average Bonchev–Trinajstić information content (AvgIpc) is 2.35. The fraction of sp³-hybridized carbons (Fsp3) is 0.571. The van der Waals surface area contributed by atoms with Crippen LogP contribution in [0.25, 0.3) is 0 Å². The highest BCUT2D eigenvalue weighted by atomic mass is 35.5. The minimum Gasteiger partial charge on any atom is -0.486 e. The molecule has 1 fully saturated rings. The Morgan fingerprint density at radius 2 is 2.29 bits per heavy atom. The van der Waals surface area contributed by atoms with E-state index >= 15 is 0 Å². The van der Waals surface area contributed by atoms with Crippen LogP contribution in [0.1, 0.15) is 32.6 Å². The van der Waals surface area contributed by atoms with E-state index in [2.05, 4.69) is 12.2 Å². The Kier molecular flexibility index (Phi) is 2.91. The van der Waals surface area contributed by atoms with Crippen LogP contribution < -0.4 is 10.1 Å². The number of halogens is 1. The molecular weight excluding hydrogens is 234 g/mol. The Labute approximate surface area is 107 Å². The van der Waals surface area contributed by atoms with Crippen molar-refractivity contribution in [1.82, 2.24) is 0 Å². The monoisotopic (exact) mass is 251 g/mol. The summed E-state index contributed by atoms with van der Waals surface area (Å²) >= 11 is 5.99. The molecule has 1 saturated carbocycles. The summed E-state index contributed by atoms with van der Waals surface area (Å²) < 4.78 is 6.06. The molecule has 0 saturated heterocycles. The van der Waals surface area contributed by atoms with Crippen molar-refractivity contribution in [3.63, 3.8) is 0 Å². The van der Waals surface area contributed by atoms with Crippen LogP contribution in [0.4, 0.5) is 5.69 Å². The van der Waals surface area contributed by atoms with Crippen molar-refractivity contribution >= 4 is 17.3 Å². The van der Waals surface area contributed by atoms with Gasteiger partial charge < -0.3 is 10.1 Å². The lowest BCUT2D eigenvalue weighted by atomic mass is 9.81. The van der Waals surface area contributed by atoms with Gasteiger partial charge in [0.05, 0.1) is 11.7 Å². The van der Waals surface area contributed by atoms with Crippen molar-refractivity contribution in [2.45, 2.75) is 44.8 Å². The second-order valence-corrected chi connectivity index (χ2v) is 5.57. The number of nitrogens with one attached hydrogen (secondary N) is 1. The molecule has 2 aliphatic rings. The van der Waals surface area contributed by atoms with Crippen LogP contribution in [0, 0.1) is 5.92 Å². The topological polar surface area (TPSA) is 21.3 Å². The van der Waals surface area contributed by atoms with Gasteiger partial charge in [0.1, 0.15) is 11.9 Å². The summed E-state index contributed by atoms with van der Waals surface area (Å²) in [5.41, 5.74) is 1.09. The van der Waals surface area contributed by atoms with Crippen LogP contribution in [0.2, 0.25) is 5.02 Å². The molecule has 92 valence electrons. The van der Waals surface area contributed by atoms with Gasteiger partial charge in [-0.2, -0.15) is 0 Å². The molecule has 1 aliphatic carbocycles. The molecule has 1 heterocycles. The number of anilines is 1. The van der Waals surface area contributed by atoms with Gasteiger partial charge in [0, 0.05) is 11.1 Å². The number of rotatable bonds is 1. The van der Waals surface area contributed by atoms with E-state index in [4.69, 9.17) is 16.3 Å². The first-order valence-corrected chi connectivity index (χ1v) is 6.87. The van der Waals surface area contributed by atoms with Crippen molar-refractivity contribution in [2.24, 2.45) is 5.92 Å². The molecule has 0 radical (unpaired) electrons. The van der Waals surface area contributed by atoms with E-state index in [0.717, 1.165) is 28.8 Å². The predicted octanol–water partition coefficient (Wildman–Crippen LogP) is 4.09. The van der Waals surface area contributed by atoms with Crippen LogP contribution in [-0.4, -0.2) is 12.1 Å². The van der Waals surface area contributed by atoms with Crippen LogP contribution in [-0.2, 0) is 0 Å². The quantitative estimate of drug-likeness (QED) is 0.812. The lowest BCUT2D eigenvalue weighted by molar-refractivity contribution is 0.107. The van der Waals surface area contributed by atoms with Gasteiger partial charge in [-0.25, -0.2) is 0 Å². The summed E-state index contributed by atoms with van der Waals surface area (Å²) in [4.78, 5) is 0. The molecule has 1 aromatic carbocycles. The first kappa shape index (κ1) is 11.2. The van der Waals surface area contributed by atoms with E-state index in [9.17, 15) is 0 Å². The van der Waals surface area contributed by atoms with Crippen molar-refractivity contribution in [1.29, 1.82) is 0 Å². The average molecular weight is 252 g/mol. The highest BCUT2D eigenvalue weighted by Crippen LogP contribution is 2.39. The first-order chi connectivity index (χ1) is 8.26. The molecule has 3 atom stereocenters. The molecule has 1 N–H and O–H groups in total. The minimum absolute atomic E-state index is 0.323. The van der Waals surface area contributed by atoms with Crippen LogP contribution in [0.15, 0.2) is 18.2 Å². The van der Waals surface area contributed by atoms with Crippen LogP contribution in [0.3, 0.4) is 0 Å². The van der Waals surface area contributed by atoms with Crippen molar-refractivity contribution in [3.05, 3.63) is 23.2 Å². The summed E-state index contributed by atoms with van der Waals surface area (Å²) in [6.07, 6.45) is 5.27. The van der Waals surface area contributed by atoms with Gasteiger partial charge in [-0.3, -0.25) is 0 Å². The van der Waals surface area contributed by atoms with Crippen LogP contribution >= 0.6 is 11.6 Å². The lowest BCUT2D eigenvalue weighted by Gasteiger charge is -2.40. The summed E-state index contributed by atoms with van der Waals surface area (Å²) in [6, 6.07) is 6.31. The highest BCUT2D eigenvalue weighted by molar-refractivity contribution is 6.30. The normalized spacial score (nSPS) is 30.8. The fourth-order valence-electron chi connectivity index (χ4n) is 2.97. The molecule has 0 aromatic heterocycles. The molecule has 3 rings (SSSR count). The molecule has 1 aliphatic heterocycles. The number of hydrogen-bond acceptors (Lipinski definition) is 2. The highest BCUT2D eigenvalue weighted by Gasteiger charge is 2.34. The van der Waals surface area contributed by atoms with E-state index in [-0.39, 0.29) is 0 Å². The molecule has 17 heavy (non-hydrogen) atoms. The Morgan fingerprint density at radius 1 is 1.41 bits per heavy atom. The van der Waals surface area contributed by atoms with Crippen molar-refractivity contribution in [3.8, 4) is 5.75 Å². The van der Waals surface area contributed by atoms with Gasteiger partial charge in [0.25, 0.3) is 0 Å². The van der Waals surface area contributed by atoms with Gasteiger partial charge in [-0.05, 0) is 37.3 Å². The van der Waals surface area contributed by atoms with Crippen LogP contribution in [0.5, 0.6) is 5.75 Å². The Balaban J connectivity index is 1.82. The second kappa shape index (κ2) is 4.41. The first-order valence-electron chi connectivity index (χ1n) is 6.49. The molecule has 3 unspecified atom stereocenters.